The smallest absolute Gasteiger partial charge is 0.228 e. The number of carbonyl (C=O) groups excluding carboxylic acids is 2. The largest absolute Gasteiger partial charge is 0.378 e. The maximum atomic E-state index is 12.7. The van der Waals surface area contributed by atoms with Crippen LogP contribution in [0.25, 0.3) is 0 Å². The Balaban J connectivity index is 1.66. The number of amides is 1. The van der Waals surface area contributed by atoms with Crippen molar-refractivity contribution in [1.82, 2.24) is 20.1 Å². The molecular formula is C22H31N5O3S. The summed E-state index contributed by atoms with van der Waals surface area (Å²) in [5.41, 5.74) is 1.61. The van der Waals surface area contributed by atoms with Crippen LogP contribution in [0.15, 0.2) is 29.4 Å². The average molecular weight is 446 g/mol. The lowest BCUT2D eigenvalue weighted by atomic mass is 10.0. The minimum absolute atomic E-state index is 0.0377. The van der Waals surface area contributed by atoms with Gasteiger partial charge in [-0.3, -0.25) is 14.2 Å². The third-order valence-corrected chi connectivity index (χ3v) is 5.99. The van der Waals surface area contributed by atoms with E-state index in [1.807, 2.05) is 31.2 Å². The van der Waals surface area contributed by atoms with Gasteiger partial charge in [-0.05, 0) is 18.4 Å². The molecule has 0 radical (unpaired) electrons. The molecular weight excluding hydrogens is 414 g/mol. The van der Waals surface area contributed by atoms with Crippen molar-refractivity contribution < 1.29 is 14.3 Å². The monoisotopic (exact) mass is 445 g/mol. The molecule has 1 saturated heterocycles. The molecule has 2 heterocycles. The fourth-order valence-corrected chi connectivity index (χ4v) is 4.31. The van der Waals surface area contributed by atoms with Gasteiger partial charge in [0, 0.05) is 32.1 Å². The van der Waals surface area contributed by atoms with Crippen molar-refractivity contribution in [3.8, 4) is 0 Å². The van der Waals surface area contributed by atoms with E-state index in [9.17, 15) is 9.59 Å². The van der Waals surface area contributed by atoms with Gasteiger partial charge in [-0.25, -0.2) is 0 Å². The highest BCUT2D eigenvalue weighted by Crippen LogP contribution is 2.25. The van der Waals surface area contributed by atoms with Gasteiger partial charge in [0.2, 0.25) is 11.9 Å². The van der Waals surface area contributed by atoms with Crippen LogP contribution in [0.4, 0.5) is 5.95 Å². The van der Waals surface area contributed by atoms with Crippen LogP contribution in [0, 0.1) is 5.92 Å². The number of benzene rings is 1. The van der Waals surface area contributed by atoms with Crippen LogP contribution in [0.3, 0.4) is 0 Å². The van der Waals surface area contributed by atoms with E-state index < -0.39 is 0 Å². The van der Waals surface area contributed by atoms with Gasteiger partial charge in [0.1, 0.15) is 0 Å². The number of rotatable bonds is 9. The molecule has 3 rings (SSSR count). The second-order valence-electron chi connectivity index (χ2n) is 8.14. The topological polar surface area (TPSA) is 89.3 Å². The van der Waals surface area contributed by atoms with E-state index >= 15 is 0 Å². The zero-order valence-corrected chi connectivity index (χ0v) is 19.4. The van der Waals surface area contributed by atoms with E-state index in [1.54, 1.807) is 0 Å². The summed E-state index contributed by atoms with van der Waals surface area (Å²) in [5, 5.41) is 12.4. The van der Waals surface area contributed by atoms with Crippen LogP contribution in [0.1, 0.15) is 49.7 Å². The molecule has 1 aromatic carbocycles. The SMILES string of the molecule is CC(=O)NC(C)c1ccc(C(=O)CSc2nnc(N3CCOCC3)n2CC(C)C)cc1. The Morgan fingerprint density at radius 1 is 1.13 bits per heavy atom. The lowest BCUT2D eigenvalue weighted by Gasteiger charge is -2.28. The van der Waals surface area contributed by atoms with E-state index in [4.69, 9.17) is 4.74 Å². The van der Waals surface area contributed by atoms with Gasteiger partial charge < -0.3 is 15.0 Å². The second kappa shape index (κ2) is 10.8. The Labute approximate surface area is 187 Å². The van der Waals surface area contributed by atoms with Gasteiger partial charge in [0.15, 0.2) is 10.9 Å². The van der Waals surface area contributed by atoms with Gasteiger partial charge in [-0.2, -0.15) is 0 Å². The normalized spacial score (nSPS) is 15.2. The van der Waals surface area contributed by atoms with Gasteiger partial charge in [-0.15, -0.1) is 10.2 Å². The van der Waals surface area contributed by atoms with Gasteiger partial charge in [0.25, 0.3) is 0 Å². The molecule has 0 bridgehead atoms. The van der Waals surface area contributed by atoms with Crippen molar-refractivity contribution in [2.45, 2.75) is 45.4 Å². The lowest BCUT2D eigenvalue weighted by Crippen LogP contribution is -2.38. The maximum Gasteiger partial charge on any atom is 0.228 e. The van der Waals surface area contributed by atoms with Crippen LogP contribution in [0.5, 0.6) is 0 Å². The van der Waals surface area contributed by atoms with Crippen LogP contribution < -0.4 is 10.2 Å². The zero-order valence-electron chi connectivity index (χ0n) is 18.6. The van der Waals surface area contributed by atoms with E-state index in [0.29, 0.717) is 30.4 Å². The molecule has 0 aliphatic carbocycles. The number of hydrogen-bond acceptors (Lipinski definition) is 7. The molecule has 1 aliphatic heterocycles. The van der Waals surface area contributed by atoms with Gasteiger partial charge >= 0.3 is 0 Å². The number of ketones is 1. The number of aromatic nitrogens is 3. The van der Waals surface area contributed by atoms with Gasteiger partial charge in [-0.1, -0.05) is 49.9 Å². The number of carbonyl (C=O) groups is 2. The number of Topliss-reactive ketones (excluding diaryl/α,β-unsaturated/α-hetero) is 1. The van der Waals surface area contributed by atoms with E-state index in [0.717, 1.165) is 36.3 Å². The fraction of sp³-hybridized carbons (Fsp3) is 0.545. The van der Waals surface area contributed by atoms with Crippen molar-refractivity contribution in [1.29, 1.82) is 0 Å². The first-order valence-corrected chi connectivity index (χ1v) is 11.6. The first-order chi connectivity index (χ1) is 14.8. The minimum atomic E-state index is -0.0933. The third-order valence-electron chi connectivity index (χ3n) is 5.02. The number of hydrogen-bond donors (Lipinski definition) is 1. The zero-order chi connectivity index (χ0) is 22.4. The Kier molecular flexibility index (Phi) is 8.09. The molecule has 1 amide bonds. The molecule has 2 aromatic rings. The molecule has 1 fully saturated rings. The van der Waals surface area contributed by atoms with Gasteiger partial charge in [0.05, 0.1) is 25.0 Å². The molecule has 168 valence electrons. The molecule has 31 heavy (non-hydrogen) atoms. The predicted molar refractivity (Wildman–Crippen MR) is 122 cm³/mol. The number of nitrogens with one attached hydrogen (secondary N) is 1. The van der Waals surface area contributed by atoms with Crippen molar-refractivity contribution >= 4 is 29.4 Å². The number of morpholine rings is 1. The van der Waals surface area contributed by atoms with Crippen molar-refractivity contribution in [2.24, 2.45) is 5.92 Å². The first kappa shape index (κ1) is 23.3. The summed E-state index contributed by atoms with van der Waals surface area (Å²) in [6.45, 7) is 11.5. The number of anilines is 1. The van der Waals surface area contributed by atoms with Crippen molar-refractivity contribution in [3.63, 3.8) is 0 Å². The molecule has 1 N–H and O–H groups in total. The Morgan fingerprint density at radius 3 is 2.42 bits per heavy atom. The Bertz CT molecular complexity index is 891. The highest BCUT2D eigenvalue weighted by Gasteiger charge is 2.22. The summed E-state index contributed by atoms with van der Waals surface area (Å²) in [6, 6.07) is 7.31. The molecule has 9 heteroatoms. The molecule has 1 unspecified atom stereocenters. The fourth-order valence-electron chi connectivity index (χ4n) is 3.47. The quantitative estimate of drug-likeness (QED) is 0.469. The predicted octanol–water partition coefficient (Wildman–Crippen LogP) is 2.94. The Hall–Kier alpha value is -2.39. The van der Waals surface area contributed by atoms with E-state index in [-0.39, 0.29) is 17.7 Å². The minimum Gasteiger partial charge on any atom is -0.378 e. The van der Waals surface area contributed by atoms with Crippen molar-refractivity contribution in [3.05, 3.63) is 35.4 Å². The molecule has 1 atom stereocenters. The standard InChI is InChI=1S/C22H31N5O3S/c1-15(2)13-27-21(26-9-11-30-12-10-26)24-25-22(27)31-14-20(29)19-7-5-18(6-8-19)16(3)23-17(4)28/h5-8,15-16H,9-14H2,1-4H3,(H,23,28). The third kappa shape index (κ3) is 6.30. The first-order valence-electron chi connectivity index (χ1n) is 10.6. The lowest BCUT2D eigenvalue weighted by molar-refractivity contribution is -0.119. The summed E-state index contributed by atoms with van der Waals surface area (Å²) in [5.74, 6) is 1.54. The second-order valence-corrected chi connectivity index (χ2v) is 9.09. The molecule has 0 saturated carbocycles. The van der Waals surface area contributed by atoms with Crippen molar-refractivity contribution in [2.75, 3.05) is 37.0 Å². The van der Waals surface area contributed by atoms with E-state index in [1.165, 1.54) is 18.7 Å². The Morgan fingerprint density at radius 2 is 1.81 bits per heavy atom. The molecule has 0 spiro atoms. The molecule has 1 aliphatic rings. The maximum absolute atomic E-state index is 12.7. The van der Waals surface area contributed by atoms with Crippen LogP contribution in [-0.2, 0) is 16.1 Å². The number of ether oxygens (including phenoxy) is 1. The molecule has 1 aromatic heterocycles. The summed E-state index contributed by atoms with van der Waals surface area (Å²) in [6.07, 6.45) is 0. The van der Waals surface area contributed by atoms with Crippen LogP contribution >= 0.6 is 11.8 Å². The highest BCUT2D eigenvalue weighted by molar-refractivity contribution is 7.99. The highest BCUT2D eigenvalue weighted by atomic mass is 32.2. The number of nitrogens with zero attached hydrogens (tertiary/aromatic N) is 4. The average Bonchev–Trinajstić information content (AvgIpc) is 3.14. The summed E-state index contributed by atoms with van der Waals surface area (Å²) >= 11 is 1.42. The number of thioether (sulfide) groups is 1. The molecule has 8 nitrogen and oxygen atoms in total. The van der Waals surface area contributed by atoms with Crippen LogP contribution in [-0.4, -0.2) is 58.5 Å². The van der Waals surface area contributed by atoms with Crippen LogP contribution in [0.2, 0.25) is 0 Å². The van der Waals surface area contributed by atoms with E-state index in [2.05, 4.69) is 38.8 Å². The summed E-state index contributed by atoms with van der Waals surface area (Å²) in [7, 11) is 0. The summed E-state index contributed by atoms with van der Waals surface area (Å²) in [4.78, 5) is 26.2. The summed E-state index contributed by atoms with van der Waals surface area (Å²) < 4.78 is 7.57.